The first-order valence-electron chi connectivity index (χ1n) is 35.2. The van der Waals surface area contributed by atoms with E-state index in [0.717, 1.165) is 77.6 Å². The van der Waals surface area contributed by atoms with Gasteiger partial charge in [0.05, 0.1) is 50.7 Å². The van der Waals surface area contributed by atoms with Crippen molar-refractivity contribution >= 4 is 17.8 Å². The first kappa shape index (κ1) is 82.4. The molecule has 2 amide bonds. The maximum absolute atomic E-state index is 13.5. The number of aliphatic carboxylic acids is 1. The average Bonchev–Trinajstić information content (AvgIpc) is 0.766. The Hall–Kier alpha value is -2.79. The molecule has 532 valence electrons. The molecule has 3 aliphatic rings. The molecule has 0 aromatic carbocycles. The molecule has 3 rings (SSSR count). The molecule has 3 heterocycles. The van der Waals surface area contributed by atoms with E-state index in [-0.39, 0.29) is 12.3 Å². The van der Waals surface area contributed by atoms with Gasteiger partial charge in [-0.05, 0) is 44.9 Å². The molecule has 0 saturated carbocycles. The topological polar surface area (TPSA) is 373 Å². The highest BCUT2D eigenvalue weighted by Gasteiger charge is 2.60. The highest BCUT2D eigenvalue weighted by molar-refractivity contribution is 5.77. The van der Waals surface area contributed by atoms with Crippen molar-refractivity contribution in [1.29, 1.82) is 0 Å². The molecule has 3 aliphatic heterocycles. The molecule has 91 heavy (non-hydrogen) atoms. The number of allylic oxidation sites excluding steroid dienone is 3. The molecule has 0 bridgehead atoms. The van der Waals surface area contributed by atoms with Gasteiger partial charge in [0.1, 0.15) is 67.1 Å². The highest BCUT2D eigenvalue weighted by Crippen LogP contribution is 2.39. The van der Waals surface area contributed by atoms with Crippen molar-refractivity contribution < 1.29 is 104 Å². The Morgan fingerprint density at radius 2 is 1.03 bits per heavy atom. The number of nitrogens with one attached hydrogen (secondary N) is 2. The zero-order chi connectivity index (χ0) is 66.8. The average molecular weight is 1310 g/mol. The standard InChI is InChI=1S/C68H124N2O21/c1-4-6-8-10-12-14-16-18-20-22-23-24-26-28-30-32-34-36-38-40-42-55(78)70-49(50(75)41-39-37-35-33-31-29-27-25-21-19-17-15-13-11-9-7-5-2)47-86-65-60(82)59(81)62(54(46-73)88-65)89-66-61(83)64(58(80)53(45-72)87-66)91-68(67(84)85)43-51(76)56(69-48(3)74)63(90-68)57(79)52(77)44-71/h23-24,39,41,49-54,56-66,71-73,75-77,79-83H,4-22,25-38,40,42-47H2,1-3H3,(H,69,74)(H,70,78)(H,84,85)/b24-23-,41-39+. The van der Waals surface area contributed by atoms with E-state index in [2.05, 4.69) is 36.6 Å². The van der Waals surface area contributed by atoms with Gasteiger partial charge in [-0.15, -0.1) is 0 Å². The summed E-state index contributed by atoms with van der Waals surface area (Å²) in [7, 11) is 0. The molecule has 23 nitrogen and oxygen atoms in total. The lowest BCUT2D eigenvalue weighted by atomic mass is 9.88. The van der Waals surface area contributed by atoms with Crippen LogP contribution < -0.4 is 10.6 Å². The fourth-order valence-electron chi connectivity index (χ4n) is 12.2. The number of unbranched alkanes of at least 4 members (excludes halogenated alkanes) is 31. The number of aliphatic hydroxyl groups excluding tert-OH is 11. The summed E-state index contributed by atoms with van der Waals surface area (Å²) >= 11 is 0. The van der Waals surface area contributed by atoms with Crippen LogP contribution in [-0.2, 0) is 42.8 Å². The van der Waals surface area contributed by atoms with Crippen LogP contribution in [0.2, 0.25) is 0 Å². The van der Waals surface area contributed by atoms with E-state index in [1.165, 1.54) is 135 Å². The summed E-state index contributed by atoms with van der Waals surface area (Å²) in [6, 6.07) is -2.62. The van der Waals surface area contributed by atoms with Crippen LogP contribution in [0.15, 0.2) is 24.3 Å². The van der Waals surface area contributed by atoms with E-state index >= 15 is 0 Å². The van der Waals surface area contributed by atoms with E-state index < -0.39 is 155 Å². The largest absolute Gasteiger partial charge is 0.477 e. The van der Waals surface area contributed by atoms with Gasteiger partial charge >= 0.3 is 5.97 Å². The molecule has 0 aromatic heterocycles. The van der Waals surface area contributed by atoms with Gasteiger partial charge in [-0.1, -0.05) is 212 Å². The van der Waals surface area contributed by atoms with Gasteiger partial charge in [-0.25, -0.2) is 4.79 Å². The van der Waals surface area contributed by atoms with Crippen LogP contribution in [0.1, 0.15) is 252 Å². The summed E-state index contributed by atoms with van der Waals surface area (Å²) in [5.74, 6) is -6.15. The minimum absolute atomic E-state index is 0.196. The SMILES string of the molecule is CCCCCCCCCCC/C=C\CCCCCCCCCC(=O)NC(COC1OC(CO)C(OC2OC(CO)C(O)C(OC3(C(=O)O)CC(O)C(NC(C)=O)C(C(O)C(O)CO)O3)C2O)C(O)C1O)C(O)/C=C/CCCCCCCCCCCCCCCCC. The molecular formula is C68H124N2O21. The number of rotatable bonds is 53. The highest BCUT2D eigenvalue weighted by atomic mass is 16.8. The van der Waals surface area contributed by atoms with Crippen molar-refractivity contribution in [1.82, 2.24) is 10.6 Å². The zero-order valence-corrected chi connectivity index (χ0v) is 55.4. The van der Waals surface area contributed by atoms with Crippen molar-refractivity contribution in [2.24, 2.45) is 0 Å². The van der Waals surface area contributed by atoms with Gasteiger partial charge in [0.15, 0.2) is 12.6 Å². The van der Waals surface area contributed by atoms with E-state index in [0.29, 0.717) is 12.8 Å². The van der Waals surface area contributed by atoms with Crippen LogP contribution in [0, 0.1) is 0 Å². The Labute approximate surface area is 543 Å². The van der Waals surface area contributed by atoms with E-state index in [9.17, 15) is 75.7 Å². The predicted molar refractivity (Wildman–Crippen MR) is 343 cm³/mol. The summed E-state index contributed by atoms with van der Waals surface area (Å²) in [4.78, 5) is 38.5. The third-order valence-electron chi connectivity index (χ3n) is 17.9. The maximum atomic E-state index is 13.5. The quantitative estimate of drug-likeness (QED) is 0.0230. The zero-order valence-electron chi connectivity index (χ0n) is 55.4. The fraction of sp³-hybridized carbons (Fsp3) is 0.897. The molecule has 3 fully saturated rings. The first-order valence-corrected chi connectivity index (χ1v) is 35.2. The molecule has 18 unspecified atom stereocenters. The monoisotopic (exact) mass is 1300 g/mol. The van der Waals surface area contributed by atoms with Crippen LogP contribution in [0.3, 0.4) is 0 Å². The normalized spacial score (nSPS) is 28.5. The molecule has 0 radical (unpaired) electrons. The van der Waals surface area contributed by atoms with Crippen molar-refractivity contribution in [2.45, 2.75) is 362 Å². The second kappa shape index (κ2) is 48.8. The van der Waals surface area contributed by atoms with Gasteiger partial charge in [-0.3, -0.25) is 9.59 Å². The van der Waals surface area contributed by atoms with Crippen molar-refractivity contribution in [3.05, 3.63) is 24.3 Å². The maximum Gasteiger partial charge on any atom is 0.364 e. The second-order valence-electron chi connectivity index (χ2n) is 25.7. The van der Waals surface area contributed by atoms with E-state index in [1.807, 2.05) is 6.08 Å². The Bertz CT molecular complexity index is 1940. The first-order chi connectivity index (χ1) is 43.9. The van der Waals surface area contributed by atoms with Crippen LogP contribution in [-0.4, -0.2) is 215 Å². The molecule has 23 heteroatoms. The molecule has 0 aliphatic carbocycles. The predicted octanol–water partition coefficient (Wildman–Crippen LogP) is 6.45. The lowest BCUT2D eigenvalue weighted by Crippen LogP contribution is -2.70. The van der Waals surface area contributed by atoms with Crippen LogP contribution >= 0.6 is 0 Å². The van der Waals surface area contributed by atoms with Gasteiger partial charge in [0.25, 0.3) is 5.79 Å². The number of hydrogen-bond donors (Lipinski definition) is 14. The molecular weight excluding hydrogens is 1180 g/mol. The number of ether oxygens (including phenoxy) is 6. The minimum atomic E-state index is -3.08. The molecule has 0 aromatic rings. The number of amides is 2. The van der Waals surface area contributed by atoms with Crippen LogP contribution in [0.25, 0.3) is 0 Å². The second-order valence-corrected chi connectivity index (χ2v) is 25.7. The smallest absolute Gasteiger partial charge is 0.364 e. The van der Waals surface area contributed by atoms with E-state index in [4.69, 9.17) is 28.4 Å². The Balaban J connectivity index is 1.60. The van der Waals surface area contributed by atoms with Crippen molar-refractivity contribution in [2.75, 3.05) is 26.4 Å². The van der Waals surface area contributed by atoms with Gasteiger partial charge in [0.2, 0.25) is 11.8 Å². The number of carbonyl (C=O) groups is 3. The summed E-state index contributed by atoms with van der Waals surface area (Å²) in [5, 5.41) is 136. The van der Waals surface area contributed by atoms with E-state index in [1.54, 1.807) is 6.08 Å². The third-order valence-corrected chi connectivity index (χ3v) is 17.9. The lowest BCUT2D eigenvalue weighted by Gasteiger charge is -2.50. The summed E-state index contributed by atoms with van der Waals surface area (Å²) in [5.41, 5.74) is 0. The Kier molecular flexibility index (Phi) is 44.2. The molecule has 18 atom stereocenters. The Morgan fingerprint density at radius 1 is 0.571 bits per heavy atom. The summed E-state index contributed by atoms with van der Waals surface area (Å²) in [6.45, 7) is 2.14. The van der Waals surface area contributed by atoms with Crippen LogP contribution in [0.4, 0.5) is 0 Å². The number of carboxylic acid groups (broad SMARTS) is 1. The summed E-state index contributed by atoms with van der Waals surface area (Å²) in [6.07, 6.45) is 19.3. The third kappa shape index (κ3) is 31.3. The molecule has 0 spiro atoms. The van der Waals surface area contributed by atoms with Gasteiger partial charge in [0, 0.05) is 19.8 Å². The molecule has 14 N–H and O–H groups in total. The minimum Gasteiger partial charge on any atom is -0.477 e. The van der Waals surface area contributed by atoms with Crippen molar-refractivity contribution in [3.8, 4) is 0 Å². The molecule has 3 saturated heterocycles. The van der Waals surface area contributed by atoms with Gasteiger partial charge in [-0.2, -0.15) is 0 Å². The lowest BCUT2D eigenvalue weighted by molar-refractivity contribution is -0.386. The van der Waals surface area contributed by atoms with Crippen LogP contribution in [0.5, 0.6) is 0 Å². The number of carboxylic acids is 1. The van der Waals surface area contributed by atoms with Crippen molar-refractivity contribution in [3.63, 3.8) is 0 Å². The number of aliphatic hydroxyl groups is 11. The number of hydrogen-bond acceptors (Lipinski definition) is 20. The summed E-state index contributed by atoms with van der Waals surface area (Å²) < 4.78 is 34.8. The van der Waals surface area contributed by atoms with Gasteiger partial charge < -0.3 is 100 Å². The Morgan fingerprint density at radius 3 is 1.49 bits per heavy atom. The fourth-order valence-corrected chi connectivity index (χ4v) is 12.2. The number of carbonyl (C=O) groups excluding carboxylic acids is 2.